The lowest BCUT2D eigenvalue weighted by Gasteiger charge is -2.07. The SMILES string of the molecule is Fc1cc(CNCCc2ccc(Cl)cc2Cl)ccc1Br. The average molecular weight is 377 g/mol. The Morgan fingerprint density at radius 3 is 2.60 bits per heavy atom. The molecule has 20 heavy (non-hydrogen) atoms. The summed E-state index contributed by atoms with van der Waals surface area (Å²) in [7, 11) is 0. The van der Waals surface area contributed by atoms with Crippen LogP contribution in [0.5, 0.6) is 0 Å². The Bertz CT molecular complexity index is 604. The first kappa shape index (κ1) is 15.8. The van der Waals surface area contributed by atoms with Crippen LogP contribution in [0, 0.1) is 5.82 Å². The molecule has 0 unspecified atom stereocenters. The van der Waals surface area contributed by atoms with Crippen molar-refractivity contribution in [1.29, 1.82) is 0 Å². The summed E-state index contributed by atoms with van der Waals surface area (Å²) in [6.07, 6.45) is 0.801. The lowest BCUT2D eigenvalue weighted by molar-refractivity contribution is 0.614. The minimum atomic E-state index is -0.245. The van der Waals surface area contributed by atoms with E-state index in [1.54, 1.807) is 12.1 Å². The summed E-state index contributed by atoms with van der Waals surface area (Å²) in [5.41, 5.74) is 1.96. The van der Waals surface area contributed by atoms with Crippen molar-refractivity contribution in [3.8, 4) is 0 Å². The molecule has 0 atom stereocenters. The second-order valence-electron chi connectivity index (χ2n) is 4.41. The van der Waals surface area contributed by atoms with Crippen LogP contribution in [-0.4, -0.2) is 6.54 Å². The van der Waals surface area contributed by atoms with E-state index in [1.807, 2.05) is 18.2 Å². The highest BCUT2D eigenvalue weighted by Gasteiger charge is 2.02. The number of hydrogen-bond donors (Lipinski definition) is 1. The molecule has 0 aliphatic heterocycles. The van der Waals surface area contributed by atoms with Gasteiger partial charge in [0.15, 0.2) is 0 Å². The summed E-state index contributed by atoms with van der Waals surface area (Å²) in [4.78, 5) is 0. The summed E-state index contributed by atoms with van der Waals surface area (Å²) in [6, 6.07) is 10.6. The Kier molecular flexibility index (Phi) is 5.85. The van der Waals surface area contributed by atoms with Crippen molar-refractivity contribution in [1.82, 2.24) is 5.32 Å². The van der Waals surface area contributed by atoms with Crippen molar-refractivity contribution < 1.29 is 4.39 Å². The molecule has 0 heterocycles. The van der Waals surface area contributed by atoms with Crippen LogP contribution in [0.25, 0.3) is 0 Å². The average Bonchev–Trinajstić information content (AvgIpc) is 2.40. The zero-order chi connectivity index (χ0) is 14.5. The van der Waals surface area contributed by atoms with Gasteiger partial charge in [0, 0.05) is 16.6 Å². The van der Waals surface area contributed by atoms with E-state index in [4.69, 9.17) is 23.2 Å². The second-order valence-corrected chi connectivity index (χ2v) is 6.11. The van der Waals surface area contributed by atoms with Gasteiger partial charge in [-0.1, -0.05) is 35.3 Å². The molecule has 0 aliphatic rings. The van der Waals surface area contributed by atoms with E-state index >= 15 is 0 Å². The zero-order valence-electron chi connectivity index (χ0n) is 10.6. The monoisotopic (exact) mass is 375 g/mol. The molecule has 0 aliphatic carbocycles. The molecular formula is C15H13BrCl2FN. The normalized spacial score (nSPS) is 10.8. The maximum atomic E-state index is 13.3. The van der Waals surface area contributed by atoms with Gasteiger partial charge in [-0.3, -0.25) is 0 Å². The van der Waals surface area contributed by atoms with Gasteiger partial charge in [0.25, 0.3) is 0 Å². The summed E-state index contributed by atoms with van der Waals surface area (Å²) < 4.78 is 13.8. The van der Waals surface area contributed by atoms with Crippen molar-refractivity contribution >= 4 is 39.1 Å². The molecule has 0 spiro atoms. The standard InChI is InChI=1S/C15H13BrCl2FN/c16-13-4-1-10(7-15(13)19)9-20-6-5-11-2-3-12(17)8-14(11)18/h1-4,7-8,20H,5-6,9H2. The summed E-state index contributed by atoms with van der Waals surface area (Å²) >= 11 is 15.1. The highest BCUT2D eigenvalue weighted by molar-refractivity contribution is 9.10. The van der Waals surface area contributed by atoms with Gasteiger partial charge in [0.05, 0.1) is 4.47 Å². The van der Waals surface area contributed by atoms with Gasteiger partial charge >= 0.3 is 0 Å². The molecule has 5 heteroatoms. The summed E-state index contributed by atoms with van der Waals surface area (Å²) in [5.74, 6) is -0.245. The van der Waals surface area contributed by atoms with E-state index in [9.17, 15) is 4.39 Å². The number of hydrogen-bond acceptors (Lipinski definition) is 1. The molecule has 2 rings (SSSR count). The Morgan fingerprint density at radius 2 is 1.90 bits per heavy atom. The van der Waals surface area contributed by atoms with E-state index in [0.29, 0.717) is 21.1 Å². The molecule has 2 aromatic rings. The largest absolute Gasteiger partial charge is 0.312 e. The van der Waals surface area contributed by atoms with Gasteiger partial charge in [0.2, 0.25) is 0 Å². The molecule has 0 bridgehead atoms. The number of nitrogens with one attached hydrogen (secondary N) is 1. The van der Waals surface area contributed by atoms with E-state index in [0.717, 1.165) is 24.1 Å². The Balaban J connectivity index is 1.82. The third kappa shape index (κ3) is 4.45. The molecule has 0 aromatic heterocycles. The fraction of sp³-hybridized carbons (Fsp3) is 0.200. The van der Waals surface area contributed by atoms with Gasteiger partial charge < -0.3 is 5.32 Å². The fourth-order valence-corrected chi connectivity index (χ4v) is 2.58. The number of rotatable bonds is 5. The van der Waals surface area contributed by atoms with Crippen LogP contribution in [-0.2, 0) is 13.0 Å². The van der Waals surface area contributed by atoms with E-state index < -0.39 is 0 Å². The van der Waals surface area contributed by atoms with Crippen molar-refractivity contribution in [3.05, 3.63) is 67.9 Å². The van der Waals surface area contributed by atoms with E-state index in [-0.39, 0.29) is 5.82 Å². The van der Waals surface area contributed by atoms with Gasteiger partial charge in [0.1, 0.15) is 5.82 Å². The minimum Gasteiger partial charge on any atom is -0.312 e. The highest BCUT2D eigenvalue weighted by atomic mass is 79.9. The Labute approximate surface area is 136 Å². The zero-order valence-corrected chi connectivity index (χ0v) is 13.7. The first-order valence-corrected chi connectivity index (χ1v) is 7.70. The minimum absolute atomic E-state index is 0.245. The van der Waals surface area contributed by atoms with Crippen LogP contribution in [0.1, 0.15) is 11.1 Å². The predicted octanol–water partition coefficient (Wildman–Crippen LogP) is 5.23. The van der Waals surface area contributed by atoms with Crippen molar-refractivity contribution in [2.24, 2.45) is 0 Å². The fourth-order valence-electron chi connectivity index (χ4n) is 1.83. The molecule has 0 saturated heterocycles. The maximum Gasteiger partial charge on any atom is 0.137 e. The highest BCUT2D eigenvalue weighted by Crippen LogP contribution is 2.21. The third-order valence-electron chi connectivity index (χ3n) is 2.90. The van der Waals surface area contributed by atoms with Gasteiger partial charge in [-0.2, -0.15) is 0 Å². The van der Waals surface area contributed by atoms with Gasteiger partial charge in [-0.25, -0.2) is 4.39 Å². The van der Waals surface area contributed by atoms with Crippen molar-refractivity contribution in [2.45, 2.75) is 13.0 Å². The predicted molar refractivity (Wildman–Crippen MR) is 86.0 cm³/mol. The van der Waals surface area contributed by atoms with E-state index in [2.05, 4.69) is 21.2 Å². The first-order valence-electron chi connectivity index (χ1n) is 6.15. The third-order valence-corrected chi connectivity index (χ3v) is 4.13. The van der Waals surface area contributed by atoms with Crippen molar-refractivity contribution in [2.75, 3.05) is 6.54 Å². The van der Waals surface area contributed by atoms with Gasteiger partial charge in [-0.05, 0) is 64.3 Å². The number of benzene rings is 2. The molecular weight excluding hydrogens is 364 g/mol. The molecule has 1 nitrogen and oxygen atoms in total. The molecule has 0 saturated carbocycles. The van der Waals surface area contributed by atoms with Crippen molar-refractivity contribution in [3.63, 3.8) is 0 Å². The molecule has 106 valence electrons. The lowest BCUT2D eigenvalue weighted by atomic mass is 10.1. The van der Waals surface area contributed by atoms with E-state index in [1.165, 1.54) is 6.07 Å². The van der Waals surface area contributed by atoms with Crippen LogP contribution in [0.4, 0.5) is 4.39 Å². The quantitative estimate of drug-likeness (QED) is 0.704. The molecule has 0 amide bonds. The lowest BCUT2D eigenvalue weighted by Crippen LogP contribution is -2.16. The Hall–Kier alpha value is -0.610. The van der Waals surface area contributed by atoms with Crippen LogP contribution in [0.2, 0.25) is 10.0 Å². The molecule has 0 fully saturated rings. The van der Waals surface area contributed by atoms with Crippen LogP contribution < -0.4 is 5.32 Å². The van der Waals surface area contributed by atoms with Crippen LogP contribution in [0.3, 0.4) is 0 Å². The van der Waals surface area contributed by atoms with Crippen LogP contribution in [0.15, 0.2) is 40.9 Å². The maximum absolute atomic E-state index is 13.3. The topological polar surface area (TPSA) is 12.0 Å². The number of halogens is 4. The molecule has 2 aromatic carbocycles. The van der Waals surface area contributed by atoms with Gasteiger partial charge in [-0.15, -0.1) is 0 Å². The summed E-state index contributed by atoms with van der Waals surface area (Å²) in [5, 5.41) is 4.58. The molecule has 0 radical (unpaired) electrons. The summed E-state index contributed by atoms with van der Waals surface area (Å²) in [6.45, 7) is 1.38. The first-order chi connectivity index (χ1) is 9.56. The Morgan fingerprint density at radius 1 is 1.10 bits per heavy atom. The molecule has 1 N–H and O–H groups in total. The van der Waals surface area contributed by atoms with Crippen LogP contribution >= 0.6 is 39.1 Å². The second kappa shape index (κ2) is 7.41. The smallest absolute Gasteiger partial charge is 0.137 e.